The molecule has 0 heterocycles. The van der Waals surface area contributed by atoms with Crippen LogP contribution in [0.25, 0.3) is 0 Å². The molecule has 5 atom stereocenters. The molecule has 4 N–H and O–H groups in total. The normalized spacial score (nSPS) is 14.7. The average molecular weight is 1480 g/mol. The Morgan fingerprint density at radius 3 is 0.835 bits per heavy atom. The van der Waals surface area contributed by atoms with E-state index >= 15 is 0 Å². The Bertz CT molecular complexity index is 2450. The van der Waals surface area contributed by atoms with Gasteiger partial charge in [-0.05, 0) is 122 Å². The molecule has 0 aliphatic carbocycles. The van der Waals surface area contributed by atoms with Crippen molar-refractivity contribution in [2.24, 2.45) is 0 Å². The molecule has 16 nitrogen and oxygen atoms in total. The van der Waals surface area contributed by atoms with Crippen molar-refractivity contribution in [3.8, 4) is 0 Å². The number of allylic oxidation sites excluding steroid dienone is 24. The maximum atomic E-state index is 12.9. The van der Waals surface area contributed by atoms with E-state index in [4.69, 9.17) is 32.3 Å². The van der Waals surface area contributed by atoms with E-state index in [1.807, 2.05) is 0 Å². The Kier molecular flexibility index (Phi) is 73.6. The number of hydrogen-bond donors (Lipinski definition) is 4. The summed E-state index contributed by atoms with van der Waals surface area (Å²) in [4.78, 5) is 58.6. The van der Waals surface area contributed by atoms with Crippen LogP contribution in [0.2, 0.25) is 0 Å². The number of phosphoric acid groups is 2. The van der Waals surface area contributed by atoms with Gasteiger partial charge in [0.25, 0.3) is 0 Å². The van der Waals surface area contributed by atoms with Crippen molar-refractivity contribution >= 4 is 33.6 Å². The highest BCUT2D eigenvalue weighted by molar-refractivity contribution is 7.47. The third kappa shape index (κ3) is 78.3. The summed E-state index contributed by atoms with van der Waals surface area (Å²) in [5.41, 5.74) is 0. The molecule has 0 aromatic carbocycles. The smallest absolute Gasteiger partial charge is 0.463 e. The van der Waals surface area contributed by atoms with Gasteiger partial charge in [0.15, 0.2) is 6.10 Å². The van der Waals surface area contributed by atoms with Crippen LogP contribution in [0.3, 0.4) is 0 Å². The minimum Gasteiger partial charge on any atom is -0.463 e. The molecule has 0 amide bonds. The van der Waals surface area contributed by atoms with Crippen LogP contribution >= 0.6 is 15.6 Å². The van der Waals surface area contributed by atoms with E-state index in [9.17, 15) is 43.5 Å². The quantitative estimate of drug-likeness (QED) is 0.0146. The van der Waals surface area contributed by atoms with Crippen LogP contribution in [-0.4, -0.2) is 95.9 Å². The first-order valence-corrected chi connectivity index (χ1v) is 43.1. The highest BCUT2D eigenvalue weighted by Crippen LogP contribution is 2.45. The minimum atomic E-state index is -4.94. The molecule has 103 heavy (non-hydrogen) atoms. The standard InChI is InChI=1S/C85H144O16P2/c1-4-7-10-13-16-19-22-25-27-29-31-33-34-35-36-37-38-39-40-41-42-43-44-46-48-49-51-54-56-59-62-65-68-71-83(88)95-74-80(86)75-97-102(91,92)98-76-81(87)77-99-103(93,94)100-79-82(101-85(90)73-70-67-64-61-58-53-24-21-18-15-12-9-6-3)78-96-84(89)72-69-66-63-60-57-55-52-50-47-45-32-30-28-26-23-20-17-14-11-8-5-2/h7-8,10-11,16-17,19-20,25-28,31-33,35-36,38-39,45,50,52,57,60,80-82,86-87H,4-6,9,12-15,18,21-24,29-30,34,37,40-44,46-49,51,53-56,58-59,61-79H2,1-3H3,(H,91,92)(H,93,94)/b10-7-,11-8-,19-16-,20-17-,27-25-,28-26-,33-31-,36-35-,39-38-,45-32-,52-50-,60-57-. The van der Waals surface area contributed by atoms with E-state index < -0.39 is 91.5 Å². The molecule has 0 bridgehead atoms. The Morgan fingerprint density at radius 2 is 0.515 bits per heavy atom. The third-order valence-corrected chi connectivity index (χ3v) is 18.5. The summed E-state index contributed by atoms with van der Waals surface area (Å²) in [6.07, 6.45) is 94.8. The molecular weight excluding hydrogens is 1340 g/mol. The van der Waals surface area contributed by atoms with Crippen molar-refractivity contribution in [1.82, 2.24) is 0 Å². The SMILES string of the molecule is CC/C=C\C/C=C\C/C=C\C/C=C\C/C=C\C/C=C\CCCCCCCCCCCCCCCCC(=O)OCC(O)COP(=O)(O)OCC(O)COP(=O)(O)OCC(COC(=O)CCCC/C=C\C/C=C\C/C=C\C/C=C\C/C=C\C/C=C\CC)OC(=O)CCCCCCCCCCCCCCC. The Labute approximate surface area is 626 Å². The number of unbranched alkanes of at least 4 members (excludes halogenated alkanes) is 28. The number of hydrogen-bond acceptors (Lipinski definition) is 14. The summed E-state index contributed by atoms with van der Waals surface area (Å²) < 4.78 is 61.1. The van der Waals surface area contributed by atoms with Crippen LogP contribution in [0, 0.1) is 0 Å². The van der Waals surface area contributed by atoms with E-state index in [2.05, 4.69) is 167 Å². The molecule has 0 fully saturated rings. The molecule has 0 spiro atoms. The number of carbonyl (C=O) groups is 3. The summed E-state index contributed by atoms with van der Waals surface area (Å²) in [5, 5.41) is 20.6. The summed E-state index contributed by atoms with van der Waals surface area (Å²) in [7, 11) is -9.80. The molecule has 18 heteroatoms. The van der Waals surface area contributed by atoms with Crippen molar-refractivity contribution in [3.05, 3.63) is 146 Å². The van der Waals surface area contributed by atoms with Gasteiger partial charge in [0.1, 0.15) is 25.4 Å². The number of aliphatic hydroxyl groups is 2. The lowest BCUT2D eigenvalue weighted by Crippen LogP contribution is -2.30. The molecule has 0 saturated heterocycles. The van der Waals surface area contributed by atoms with E-state index in [1.165, 1.54) is 116 Å². The van der Waals surface area contributed by atoms with Crippen LogP contribution in [0.15, 0.2) is 146 Å². The molecule has 0 aromatic rings. The van der Waals surface area contributed by atoms with Gasteiger partial charge in [-0.25, -0.2) is 9.13 Å². The molecule has 0 aliphatic rings. The Hall–Kier alpha value is -4.57. The summed E-state index contributed by atoms with van der Waals surface area (Å²) in [6, 6.07) is 0. The van der Waals surface area contributed by atoms with Gasteiger partial charge in [0, 0.05) is 19.3 Å². The van der Waals surface area contributed by atoms with E-state index in [0.717, 1.165) is 141 Å². The summed E-state index contributed by atoms with van der Waals surface area (Å²) in [5.74, 6) is -1.62. The second-order valence-electron chi connectivity index (χ2n) is 26.5. The van der Waals surface area contributed by atoms with Crippen LogP contribution < -0.4 is 0 Å². The molecule has 0 saturated carbocycles. The first-order valence-electron chi connectivity index (χ1n) is 40.1. The third-order valence-electron chi connectivity index (χ3n) is 16.6. The van der Waals surface area contributed by atoms with Crippen molar-refractivity contribution in [2.75, 3.05) is 39.6 Å². The number of aliphatic hydroxyl groups excluding tert-OH is 2. The summed E-state index contributed by atoms with van der Waals surface area (Å²) in [6.45, 7) is 2.41. The van der Waals surface area contributed by atoms with Gasteiger partial charge in [0.2, 0.25) is 0 Å². The zero-order chi connectivity index (χ0) is 75.2. The van der Waals surface area contributed by atoms with Crippen molar-refractivity contribution in [3.63, 3.8) is 0 Å². The predicted octanol–water partition coefficient (Wildman–Crippen LogP) is 23.7. The fourth-order valence-corrected chi connectivity index (χ4v) is 12.1. The highest BCUT2D eigenvalue weighted by atomic mass is 31.2. The fourth-order valence-electron chi connectivity index (χ4n) is 10.5. The molecular formula is C85H144O16P2. The van der Waals surface area contributed by atoms with E-state index in [1.54, 1.807) is 0 Å². The summed E-state index contributed by atoms with van der Waals surface area (Å²) >= 11 is 0. The van der Waals surface area contributed by atoms with Gasteiger partial charge in [-0.15, -0.1) is 0 Å². The number of carbonyl (C=O) groups excluding carboxylic acids is 3. The number of rotatable bonds is 75. The lowest BCUT2D eigenvalue weighted by Gasteiger charge is -2.21. The molecule has 0 rings (SSSR count). The number of ether oxygens (including phenoxy) is 3. The lowest BCUT2D eigenvalue weighted by molar-refractivity contribution is -0.161. The van der Waals surface area contributed by atoms with Gasteiger partial charge >= 0.3 is 33.6 Å². The van der Waals surface area contributed by atoms with Crippen molar-refractivity contribution in [1.29, 1.82) is 0 Å². The maximum Gasteiger partial charge on any atom is 0.472 e. The molecule has 0 aromatic heterocycles. The van der Waals surface area contributed by atoms with Crippen LogP contribution in [0.1, 0.15) is 316 Å². The van der Waals surface area contributed by atoms with Crippen molar-refractivity contribution in [2.45, 2.75) is 334 Å². The van der Waals surface area contributed by atoms with Gasteiger partial charge in [0.05, 0.1) is 26.4 Å². The fraction of sp³-hybridized carbons (Fsp3) is 0.682. The van der Waals surface area contributed by atoms with E-state index in [0.29, 0.717) is 19.3 Å². The van der Waals surface area contributed by atoms with Gasteiger partial charge in [-0.3, -0.25) is 32.5 Å². The first-order chi connectivity index (χ1) is 50.2. The number of esters is 3. The highest BCUT2D eigenvalue weighted by Gasteiger charge is 2.29. The molecule has 0 aliphatic heterocycles. The topological polar surface area (TPSA) is 231 Å². The molecule has 0 radical (unpaired) electrons. The Balaban J connectivity index is 4.46. The monoisotopic (exact) mass is 1480 g/mol. The minimum absolute atomic E-state index is 0.0949. The maximum absolute atomic E-state index is 12.9. The average Bonchev–Trinajstić information content (AvgIpc) is 0.937. The second-order valence-corrected chi connectivity index (χ2v) is 29.4. The van der Waals surface area contributed by atoms with E-state index in [-0.39, 0.29) is 19.3 Å². The van der Waals surface area contributed by atoms with Crippen LogP contribution in [0.5, 0.6) is 0 Å². The molecule has 590 valence electrons. The zero-order valence-corrected chi connectivity index (χ0v) is 66.2. The largest absolute Gasteiger partial charge is 0.472 e. The van der Waals surface area contributed by atoms with Gasteiger partial charge < -0.3 is 34.2 Å². The Morgan fingerprint density at radius 1 is 0.282 bits per heavy atom. The van der Waals surface area contributed by atoms with Crippen molar-refractivity contribution < 1.29 is 75.8 Å². The second kappa shape index (κ2) is 77.1. The lowest BCUT2D eigenvalue weighted by atomic mass is 10.0. The van der Waals surface area contributed by atoms with Crippen LogP contribution in [-0.2, 0) is 55.8 Å². The molecule has 5 unspecified atom stereocenters. The number of phosphoric ester groups is 2. The first kappa shape index (κ1) is 98.4. The predicted molar refractivity (Wildman–Crippen MR) is 426 cm³/mol. The van der Waals surface area contributed by atoms with Gasteiger partial charge in [-0.2, -0.15) is 0 Å². The zero-order valence-electron chi connectivity index (χ0n) is 64.4. The van der Waals surface area contributed by atoms with Gasteiger partial charge in [-0.1, -0.05) is 321 Å². The van der Waals surface area contributed by atoms with Crippen LogP contribution in [0.4, 0.5) is 0 Å².